The number of aliphatic hydroxyl groups excluding tert-OH is 2. The lowest BCUT2D eigenvalue weighted by atomic mass is 9.62. The zero-order valence-corrected chi connectivity index (χ0v) is 37.1. The van der Waals surface area contributed by atoms with E-state index in [4.69, 9.17) is 23.8 Å². The van der Waals surface area contributed by atoms with Crippen molar-refractivity contribution in [3.63, 3.8) is 0 Å². The van der Waals surface area contributed by atoms with Gasteiger partial charge in [-0.3, -0.25) is 28.8 Å². The summed E-state index contributed by atoms with van der Waals surface area (Å²) in [7, 11) is 3.30. The molecule has 4 fully saturated rings. The number of likely N-dealkylation sites (N-methyl/N-ethyl adjacent to an activating group) is 1. The van der Waals surface area contributed by atoms with E-state index in [9.17, 15) is 29.4 Å². The van der Waals surface area contributed by atoms with Crippen LogP contribution in [0.3, 0.4) is 0 Å². The van der Waals surface area contributed by atoms with Crippen molar-refractivity contribution in [2.45, 2.75) is 179 Å². The van der Waals surface area contributed by atoms with Crippen LogP contribution in [0.2, 0.25) is 0 Å². The Labute approximate surface area is 359 Å². The number of carbonyl (C=O) groups excluding carboxylic acids is 5. The van der Waals surface area contributed by atoms with Gasteiger partial charge in [0, 0.05) is 45.9 Å². The van der Waals surface area contributed by atoms with E-state index in [-0.39, 0.29) is 31.7 Å². The Hall–Kier alpha value is -3.93. The molecule has 3 aliphatic heterocycles. The van der Waals surface area contributed by atoms with Gasteiger partial charge in [0.15, 0.2) is 11.8 Å². The average molecular weight is 857 g/mol. The lowest BCUT2D eigenvalue weighted by Gasteiger charge is -2.49. The van der Waals surface area contributed by atoms with Crippen molar-refractivity contribution in [1.29, 1.82) is 0 Å². The number of hydrogen-bond acceptors (Lipinski definition) is 13. The molecule has 0 unspecified atom stereocenters. The van der Waals surface area contributed by atoms with Gasteiger partial charge < -0.3 is 44.7 Å². The SMILES string of the molecule is CCCCCC1(CCCCC)O[C@@H]2[C@H](O1)[C@H]1ON(Cc3ccccc3C=CC(=O)N(C)C)[C@@H]3C(=O)O[C@@H]2C[C@]13C(=O)N[C@@H](C(=O)N[C@H](CO)CCC(=O)OC(C)(C)C)[C@H](C)O. The summed E-state index contributed by atoms with van der Waals surface area (Å²) in [6, 6.07) is 3.61. The van der Waals surface area contributed by atoms with Gasteiger partial charge in [-0.2, -0.15) is 5.06 Å². The Morgan fingerprint density at radius 2 is 1.67 bits per heavy atom. The van der Waals surface area contributed by atoms with Crippen LogP contribution in [-0.4, -0.2) is 131 Å². The van der Waals surface area contributed by atoms with Crippen molar-refractivity contribution in [3.05, 3.63) is 41.5 Å². The first-order valence-corrected chi connectivity index (χ1v) is 22.0. The number of hydrogen-bond donors (Lipinski definition) is 4. The summed E-state index contributed by atoms with van der Waals surface area (Å²) in [5.41, 5.74) is -0.991. The number of carbonyl (C=O) groups is 5. The summed E-state index contributed by atoms with van der Waals surface area (Å²) in [6.45, 7) is 10.3. The van der Waals surface area contributed by atoms with Crippen molar-refractivity contribution < 1.29 is 58.0 Å². The Bertz CT molecular complexity index is 1740. The maximum absolute atomic E-state index is 15.2. The molecule has 1 aromatic rings. The van der Waals surface area contributed by atoms with Crippen LogP contribution < -0.4 is 10.6 Å². The van der Waals surface area contributed by atoms with Crippen LogP contribution >= 0.6 is 0 Å². The summed E-state index contributed by atoms with van der Waals surface area (Å²) in [5.74, 6) is -3.94. The molecule has 0 radical (unpaired) electrons. The number of esters is 2. The van der Waals surface area contributed by atoms with Crippen LogP contribution in [0.25, 0.3) is 6.08 Å². The molecule has 3 heterocycles. The van der Waals surface area contributed by atoms with Crippen LogP contribution in [0, 0.1) is 5.41 Å². The molecule has 1 saturated carbocycles. The van der Waals surface area contributed by atoms with Gasteiger partial charge in [0.25, 0.3) is 0 Å². The van der Waals surface area contributed by atoms with Crippen molar-refractivity contribution in [3.8, 4) is 0 Å². The molecule has 16 heteroatoms. The fourth-order valence-corrected chi connectivity index (χ4v) is 8.88. The largest absolute Gasteiger partial charge is 0.460 e. The molecule has 0 spiro atoms. The van der Waals surface area contributed by atoms with Gasteiger partial charge >= 0.3 is 11.9 Å². The number of benzene rings is 1. The lowest BCUT2D eigenvalue weighted by Crippen LogP contribution is -2.71. The number of rotatable bonds is 21. The van der Waals surface area contributed by atoms with E-state index in [1.165, 1.54) is 23.0 Å². The maximum atomic E-state index is 15.2. The van der Waals surface area contributed by atoms with Crippen LogP contribution in [0.1, 0.15) is 123 Å². The van der Waals surface area contributed by atoms with Gasteiger partial charge in [-0.1, -0.05) is 63.8 Å². The van der Waals surface area contributed by atoms with Crippen LogP contribution in [0.4, 0.5) is 0 Å². The van der Waals surface area contributed by atoms with Gasteiger partial charge in [0.05, 0.1) is 25.3 Å². The molecule has 3 saturated heterocycles. The van der Waals surface area contributed by atoms with Crippen molar-refractivity contribution in [2.24, 2.45) is 5.41 Å². The van der Waals surface area contributed by atoms with Crippen molar-refractivity contribution >= 4 is 35.7 Å². The first kappa shape index (κ1) is 48.1. The number of ether oxygens (including phenoxy) is 4. The minimum atomic E-state index is -1.67. The number of nitrogens with one attached hydrogen (secondary N) is 2. The van der Waals surface area contributed by atoms with Crippen LogP contribution in [-0.2, 0) is 54.3 Å². The molecule has 1 aliphatic carbocycles. The first-order valence-electron chi connectivity index (χ1n) is 22.0. The molecule has 61 heavy (non-hydrogen) atoms. The second-order valence-corrected chi connectivity index (χ2v) is 18.2. The summed E-state index contributed by atoms with van der Waals surface area (Å²) in [4.78, 5) is 76.5. The van der Waals surface area contributed by atoms with Gasteiger partial charge in [0.2, 0.25) is 17.7 Å². The molecule has 4 N–H and O–H groups in total. The normalized spacial score (nSPS) is 26.9. The van der Waals surface area contributed by atoms with Crippen molar-refractivity contribution in [1.82, 2.24) is 20.6 Å². The van der Waals surface area contributed by atoms with Gasteiger partial charge in [-0.15, -0.1) is 0 Å². The molecule has 16 nitrogen and oxygen atoms in total. The lowest BCUT2D eigenvalue weighted by molar-refractivity contribution is -0.224. The number of unbranched alkanes of at least 4 members (excludes halogenated alkanes) is 4. The highest BCUT2D eigenvalue weighted by Gasteiger charge is 2.76. The summed E-state index contributed by atoms with van der Waals surface area (Å²) < 4.78 is 25.4. The molecule has 3 amide bonds. The quantitative estimate of drug-likeness (QED) is 0.0793. The number of aliphatic hydroxyl groups is 2. The average Bonchev–Trinajstić information content (AvgIpc) is 3.75. The fraction of sp³-hybridized carbons (Fsp3) is 0.711. The monoisotopic (exact) mass is 856 g/mol. The summed E-state index contributed by atoms with van der Waals surface area (Å²) in [6.07, 6.45) is 4.94. The zero-order valence-electron chi connectivity index (χ0n) is 37.1. The molecule has 4 aliphatic rings. The van der Waals surface area contributed by atoms with Crippen LogP contribution in [0.5, 0.6) is 0 Å². The Kier molecular flexibility index (Phi) is 16.2. The second-order valence-electron chi connectivity index (χ2n) is 18.2. The Morgan fingerprint density at radius 1 is 1.02 bits per heavy atom. The van der Waals surface area contributed by atoms with E-state index >= 15 is 4.79 Å². The zero-order chi connectivity index (χ0) is 44.7. The Morgan fingerprint density at radius 3 is 2.28 bits per heavy atom. The third kappa shape index (κ3) is 11.2. The number of amides is 3. The van der Waals surface area contributed by atoms with E-state index < -0.39 is 95.8 Å². The van der Waals surface area contributed by atoms with Crippen LogP contribution in [0.15, 0.2) is 30.3 Å². The Balaban J connectivity index is 1.49. The standard InChI is InChI=1S/C45H68N4O12/c1-9-11-15-23-44(24-16-12-10-2)59-36-32-25-45(42(56)47-35(28(3)51)40(54)46-31(27-50)20-22-34(53)58-43(4,5)6)38(41(55)57-32)49(61-39(45)37(36)60-44)26-30-18-14-13-17-29(30)19-21-33(52)48(7)8/h13-14,17-19,21,28,31-32,35-39,50-51H,9-12,15-16,20,22-27H2,1-8H3,(H,46,54)(H,47,56)/t28-,31-,32+,35+,36-,37-,38+,39+,45+/m0/s1. The molecule has 0 aromatic heterocycles. The van der Waals surface area contributed by atoms with Gasteiger partial charge in [-0.05, 0) is 64.2 Å². The van der Waals surface area contributed by atoms with E-state index in [0.29, 0.717) is 24.0 Å². The third-order valence-corrected chi connectivity index (χ3v) is 12.0. The molecule has 5 rings (SSSR count). The molecular formula is C45H68N4O12. The smallest absolute Gasteiger partial charge is 0.327 e. The van der Waals surface area contributed by atoms with Gasteiger partial charge in [0.1, 0.15) is 41.5 Å². The van der Waals surface area contributed by atoms with E-state index in [0.717, 1.165) is 38.5 Å². The maximum Gasteiger partial charge on any atom is 0.327 e. The highest BCUT2D eigenvalue weighted by Crippen LogP contribution is 2.58. The van der Waals surface area contributed by atoms with E-state index in [2.05, 4.69) is 24.5 Å². The number of hydroxylamine groups is 2. The second kappa shape index (κ2) is 20.5. The predicted octanol–water partition coefficient (Wildman–Crippen LogP) is 3.69. The minimum Gasteiger partial charge on any atom is -0.460 e. The highest BCUT2D eigenvalue weighted by molar-refractivity contribution is 5.96. The molecule has 340 valence electrons. The van der Waals surface area contributed by atoms with E-state index in [1.807, 2.05) is 24.3 Å². The number of fused-ring (bicyclic) bond motifs is 4. The van der Waals surface area contributed by atoms with Gasteiger partial charge in [-0.25, -0.2) is 0 Å². The minimum absolute atomic E-state index is 0.0108. The topological polar surface area (TPSA) is 202 Å². The summed E-state index contributed by atoms with van der Waals surface area (Å²) in [5, 5.41) is 28.0. The molecule has 9 atom stereocenters. The summed E-state index contributed by atoms with van der Waals surface area (Å²) >= 11 is 0. The predicted molar refractivity (Wildman–Crippen MR) is 224 cm³/mol. The first-order chi connectivity index (χ1) is 28.9. The van der Waals surface area contributed by atoms with Crippen molar-refractivity contribution in [2.75, 3.05) is 20.7 Å². The van der Waals surface area contributed by atoms with E-state index in [1.54, 1.807) is 40.9 Å². The fourth-order valence-electron chi connectivity index (χ4n) is 8.88. The molecular weight excluding hydrogens is 789 g/mol. The number of nitrogens with zero attached hydrogens (tertiary/aromatic N) is 2. The molecule has 1 aromatic carbocycles. The third-order valence-electron chi connectivity index (χ3n) is 12.0. The highest BCUT2D eigenvalue weighted by atomic mass is 16.8. The molecule has 2 bridgehead atoms.